The van der Waals surface area contributed by atoms with Crippen LogP contribution in [0.4, 0.5) is 0 Å². The average molecular weight is 254 g/mol. The third kappa shape index (κ3) is 2.69. The number of esters is 1. The molecule has 2 unspecified atom stereocenters. The first-order valence-corrected chi connectivity index (χ1v) is 7.16. The van der Waals surface area contributed by atoms with E-state index >= 15 is 0 Å². The summed E-state index contributed by atoms with van der Waals surface area (Å²) in [5.41, 5.74) is 5.48. The van der Waals surface area contributed by atoms with Crippen LogP contribution in [-0.2, 0) is 9.53 Å². The first kappa shape index (κ1) is 13.8. The van der Waals surface area contributed by atoms with Crippen LogP contribution in [0.2, 0.25) is 0 Å². The normalized spacial score (nSPS) is 33.9. The lowest BCUT2D eigenvalue weighted by Crippen LogP contribution is -2.56. The minimum Gasteiger partial charge on any atom is -0.468 e. The summed E-state index contributed by atoms with van der Waals surface area (Å²) in [6.07, 6.45) is 8.95. The molecule has 0 bridgehead atoms. The molecule has 18 heavy (non-hydrogen) atoms. The molecule has 2 aliphatic rings. The van der Waals surface area contributed by atoms with E-state index in [4.69, 9.17) is 10.5 Å². The summed E-state index contributed by atoms with van der Waals surface area (Å²) in [4.78, 5) is 14.3. The lowest BCUT2D eigenvalue weighted by atomic mass is 9.79. The number of methoxy groups -OCH3 is 1. The highest BCUT2D eigenvalue weighted by Gasteiger charge is 2.42. The number of rotatable bonds is 3. The van der Waals surface area contributed by atoms with Crippen LogP contribution in [0.3, 0.4) is 0 Å². The second kappa shape index (κ2) is 5.57. The SMILES string of the molecule is COC(=O)C1(N)CCCC(N(C)C2CCCC2)C1. The number of carbonyl (C=O) groups is 1. The number of nitrogens with two attached hydrogens (primary N) is 1. The number of hydrogen-bond donors (Lipinski definition) is 1. The van der Waals surface area contributed by atoms with Crippen molar-refractivity contribution in [2.75, 3.05) is 14.2 Å². The fourth-order valence-electron chi connectivity index (χ4n) is 3.62. The van der Waals surface area contributed by atoms with Crippen LogP contribution < -0.4 is 5.73 Å². The monoisotopic (exact) mass is 254 g/mol. The predicted molar refractivity (Wildman–Crippen MR) is 71.2 cm³/mol. The lowest BCUT2D eigenvalue weighted by molar-refractivity contribution is -0.149. The predicted octanol–water partition coefficient (Wildman–Crippen LogP) is 1.67. The Hall–Kier alpha value is -0.610. The number of ether oxygens (including phenoxy) is 1. The Bertz CT molecular complexity index is 302. The molecule has 0 saturated heterocycles. The van der Waals surface area contributed by atoms with Crippen molar-refractivity contribution in [1.82, 2.24) is 4.90 Å². The van der Waals surface area contributed by atoms with Gasteiger partial charge in [0.15, 0.2) is 0 Å². The van der Waals surface area contributed by atoms with Gasteiger partial charge in [-0.15, -0.1) is 0 Å². The molecule has 2 fully saturated rings. The topological polar surface area (TPSA) is 55.6 Å². The molecule has 2 atom stereocenters. The van der Waals surface area contributed by atoms with E-state index in [2.05, 4.69) is 11.9 Å². The molecule has 104 valence electrons. The van der Waals surface area contributed by atoms with Gasteiger partial charge in [0.1, 0.15) is 5.54 Å². The zero-order valence-electron chi connectivity index (χ0n) is 11.7. The molecule has 0 aromatic heterocycles. The fourth-order valence-corrected chi connectivity index (χ4v) is 3.62. The number of carbonyl (C=O) groups excluding carboxylic acids is 1. The van der Waals surface area contributed by atoms with Gasteiger partial charge >= 0.3 is 5.97 Å². The molecule has 0 aliphatic heterocycles. The third-order valence-electron chi connectivity index (χ3n) is 4.83. The summed E-state index contributed by atoms with van der Waals surface area (Å²) in [6.45, 7) is 0. The van der Waals surface area contributed by atoms with E-state index in [1.54, 1.807) is 0 Å². The van der Waals surface area contributed by atoms with Gasteiger partial charge in [-0.25, -0.2) is 0 Å². The standard InChI is InChI=1S/C14H26N2O2/c1-16(11-6-3-4-7-11)12-8-5-9-14(15,10-12)13(17)18-2/h11-12H,3-10,15H2,1-2H3. The maximum atomic E-state index is 11.8. The lowest BCUT2D eigenvalue weighted by Gasteiger charge is -2.41. The molecule has 2 aliphatic carbocycles. The van der Waals surface area contributed by atoms with Crippen molar-refractivity contribution in [1.29, 1.82) is 0 Å². The van der Waals surface area contributed by atoms with E-state index in [1.807, 2.05) is 0 Å². The second-order valence-corrected chi connectivity index (χ2v) is 6.00. The molecule has 2 rings (SSSR count). The highest BCUT2D eigenvalue weighted by Crippen LogP contribution is 2.33. The van der Waals surface area contributed by atoms with Crippen molar-refractivity contribution in [2.24, 2.45) is 5.73 Å². The maximum Gasteiger partial charge on any atom is 0.325 e. The molecule has 0 aromatic rings. The van der Waals surface area contributed by atoms with Gasteiger partial charge in [-0.3, -0.25) is 4.79 Å². The minimum absolute atomic E-state index is 0.243. The van der Waals surface area contributed by atoms with Crippen molar-refractivity contribution in [3.05, 3.63) is 0 Å². The molecule has 0 aromatic carbocycles. The second-order valence-electron chi connectivity index (χ2n) is 6.00. The number of nitrogens with zero attached hydrogens (tertiary/aromatic N) is 1. The van der Waals surface area contributed by atoms with Gasteiger partial charge < -0.3 is 15.4 Å². The van der Waals surface area contributed by atoms with Crippen LogP contribution in [0.1, 0.15) is 51.4 Å². The summed E-state index contributed by atoms with van der Waals surface area (Å²) in [5.74, 6) is -0.243. The van der Waals surface area contributed by atoms with Crippen molar-refractivity contribution < 1.29 is 9.53 Å². The first-order valence-electron chi connectivity index (χ1n) is 7.16. The number of hydrogen-bond acceptors (Lipinski definition) is 4. The van der Waals surface area contributed by atoms with E-state index in [9.17, 15) is 4.79 Å². The summed E-state index contributed by atoms with van der Waals surface area (Å²) >= 11 is 0. The summed E-state index contributed by atoms with van der Waals surface area (Å²) in [6, 6.07) is 1.13. The van der Waals surface area contributed by atoms with Crippen LogP contribution in [0, 0.1) is 0 Å². The minimum atomic E-state index is -0.759. The largest absolute Gasteiger partial charge is 0.468 e. The Morgan fingerprint density at radius 2 is 1.83 bits per heavy atom. The summed E-state index contributed by atoms with van der Waals surface area (Å²) < 4.78 is 4.86. The average Bonchev–Trinajstić information content (AvgIpc) is 2.90. The highest BCUT2D eigenvalue weighted by molar-refractivity contribution is 5.80. The van der Waals surface area contributed by atoms with E-state index in [-0.39, 0.29) is 5.97 Å². The first-order chi connectivity index (χ1) is 8.57. The van der Waals surface area contributed by atoms with Crippen LogP contribution in [0.5, 0.6) is 0 Å². The van der Waals surface area contributed by atoms with Crippen LogP contribution >= 0.6 is 0 Å². The zero-order chi connectivity index (χ0) is 13.2. The Morgan fingerprint density at radius 1 is 1.22 bits per heavy atom. The van der Waals surface area contributed by atoms with Crippen LogP contribution in [0.15, 0.2) is 0 Å². The highest BCUT2D eigenvalue weighted by atomic mass is 16.5. The van der Waals surface area contributed by atoms with Crippen molar-refractivity contribution in [3.63, 3.8) is 0 Å². The van der Waals surface area contributed by atoms with E-state index in [0.29, 0.717) is 12.1 Å². The molecule has 4 nitrogen and oxygen atoms in total. The van der Waals surface area contributed by atoms with Gasteiger partial charge in [-0.2, -0.15) is 0 Å². The molecule has 0 heterocycles. The van der Waals surface area contributed by atoms with Gasteiger partial charge in [-0.05, 0) is 45.6 Å². The quantitative estimate of drug-likeness (QED) is 0.778. The van der Waals surface area contributed by atoms with E-state index < -0.39 is 5.54 Å². The van der Waals surface area contributed by atoms with E-state index in [0.717, 1.165) is 25.7 Å². The Labute approximate surface area is 110 Å². The molecule has 2 N–H and O–H groups in total. The molecule has 4 heteroatoms. The Balaban J connectivity index is 1.99. The molecule has 2 saturated carbocycles. The fraction of sp³-hybridized carbons (Fsp3) is 0.929. The van der Waals surface area contributed by atoms with Gasteiger partial charge in [0.2, 0.25) is 0 Å². The van der Waals surface area contributed by atoms with E-state index in [1.165, 1.54) is 32.8 Å². The summed E-state index contributed by atoms with van der Waals surface area (Å²) in [7, 11) is 3.63. The van der Waals surface area contributed by atoms with Crippen molar-refractivity contribution in [2.45, 2.75) is 69.0 Å². The van der Waals surface area contributed by atoms with Gasteiger partial charge in [0.05, 0.1) is 7.11 Å². The molecular weight excluding hydrogens is 228 g/mol. The summed E-state index contributed by atoms with van der Waals surface area (Å²) in [5, 5.41) is 0. The Kier molecular flexibility index (Phi) is 4.28. The van der Waals surface area contributed by atoms with Crippen molar-refractivity contribution in [3.8, 4) is 0 Å². The maximum absolute atomic E-state index is 11.8. The molecule has 0 amide bonds. The third-order valence-corrected chi connectivity index (χ3v) is 4.83. The molecule has 0 radical (unpaired) electrons. The van der Waals surface area contributed by atoms with Gasteiger partial charge in [0, 0.05) is 12.1 Å². The van der Waals surface area contributed by atoms with Crippen LogP contribution in [0.25, 0.3) is 0 Å². The van der Waals surface area contributed by atoms with Gasteiger partial charge in [-0.1, -0.05) is 12.8 Å². The Morgan fingerprint density at radius 3 is 2.44 bits per heavy atom. The molecule has 0 spiro atoms. The van der Waals surface area contributed by atoms with Crippen LogP contribution in [-0.4, -0.2) is 42.6 Å². The van der Waals surface area contributed by atoms with Crippen molar-refractivity contribution >= 4 is 5.97 Å². The van der Waals surface area contributed by atoms with Gasteiger partial charge in [0.25, 0.3) is 0 Å². The molecular formula is C14H26N2O2. The zero-order valence-corrected chi connectivity index (χ0v) is 11.7. The smallest absolute Gasteiger partial charge is 0.325 e.